The number of hydrogen-bond acceptors (Lipinski definition) is 2. The summed E-state index contributed by atoms with van der Waals surface area (Å²) in [6.07, 6.45) is 2.36. The van der Waals surface area contributed by atoms with Gasteiger partial charge in [-0.2, -0.15) is 0 Å². The van der Waals surface area contributed by atoms with Crippen LogP contribution in [0.25, 0.3) is 0 Å². The molecule has 0 aliphatic heterocycles. The van der Waals surface area contributed by atoms with Gasteiger partial charge in [0.15, 0.2) is 0 Å². The molecule has 2 N–H and O–H groups in total. The van der Waals surface area contributed by atoms with Crippen LogP contribution in [0.1, 0.15) is 44.0 Å². The smallest absolute Gasteiger partial charge is 0.251 e. The van der Waals surface area contributed by atoms with Gasteiger partial charge in [0.05, 0.1) is 0 Å². The van der Waals surface area contributed by atoms with Gasteiger partial charge in [-0.25, -0.2) is 0 Å². The van der Waals surface area contributed by atoms with Crippen molar-refractivity contribution in [2.24, 2.45) is 5.92 Å². The molecule has 18 heavy (non-hydrogen) atoms. The van der Waals surface area contributed by atoms with E-state index in [-0.39, 0.29) is 5.91 Å². The van der Waals surface area contributed by atoms with E-state index in [4.69, 9.17) is 0 Å². The summed E-state index contributed by atoms with van der Waals surface area (Å²) in [7, 11) is 0. The zero-order valence-corrected chi connectivity index (χ0v) is 11.6. The highest BCUT2D eigenvalue weighted by Gasteiger charge is 2.06. The molecule has 0 saturated carbocycles. The molecule has 1 amide bonds. The average molecular weight is 248 g/mol. The van der Waals surface area contributed by atoms with E-state index in [9.17, 15) is 4.79 Å². The van der Waals surface area contributed by atoms with E-state index < -0.39 is 0 Å². The van der Waals surface area contributed by atoms with Gasteiger partial charge in [-0.3, -0.25) is 4.79 Å². The Kier molecular flexibility index (Phi) is 6.26. The van der Waals surface area contributed by atoms with Crippen LogP contribution < -0.4 is 10.6 Å². The Labute approximate surface area is 110 Å². The fourth-order valence-electron chi connectivity index (χ4n) is 1.87. The fourth-order valence-corrected chi connectivity index (χ4v) is 1.87. The van der Waals surface area contributed by atoms with Crippen molar-refractivity contribution in [3.63, 3.8) is 0 Å². The highest BCUT2D eigenvalue weighted by Crippen LogP contribution is 2.13. The number of rotatable bonds is 7. The second-order valence-corrected chi connectivity index (χ2v) is 4.50. The van der Waals surface area contributed by atoms with Crippen molar-refractivity contribution in [2.45, 2.75) is 33.6 Å². The monoisotopic (exact) mass is 248 g/mol. The molecule has 0 saturated heterocycles. The number of amides is 1. The number of nitrogens with one attached hydrogen (secondary N) is 2. The molecule has 0 spiro atoms. The van der Waals surface area contributed by atoms with Crippen molar-refractivity contribution < 1.29 is 4.79 Å². The summed E-state index contributed by atoms with van der Waals surface area (Å²) < 4.78 is 0. The summed E-state index contributed by atoms with van der Waals surface area (Å²) in [5.74, 6) is 0.682. The van der Waals surface area contributed by atoms with Crippen molar-refractivity contribution in [3.8, 4) is 0 Å². The van der Waals surface area contributed by atoms with Gasteiger partial charge < -0.3 is 10.6 Å². The third-order valence-corrected chi connectivity index (χ3v) is 3.21. The van der Waals surface area contributed by atoms with Crippen molar-refractivity contribution in [1.82, 2.24) is 5.32 Å². The van der Waals surface area contributed by atoms with Crippen molar-refractivity contribution in [1.29, 1.82) is 0 Å². The van der Waals surface area contributed by atoms with Gasteiger partial charge in [0.2, 0.25) is 0 Å². The topological polar surface area (TPSA) is 41.1 Å². The Morgan fingerprint density at radius 3 is 2.56 bits per heavy atom. The lowest BCUT2D eigenvalue weighted by molar-refractivity contribution is 0.0956. The molecule has 3 heteroatoms. The highest BCUT2D eigenvalue weighted by molar-refractivity contribution is 5.95. The lowest BCUT2D eigenvalue weighted by Crippen LogP contribution is -2.22. The molecule has 1 aromatic rings. The number of carbonyl (C=O) groups excluding carboxylic acids is 1. The maximum Gasteiger partial charge on any atom is 0.251 e. The van der Waals surface area contributed by atoms with Gasteiger partial charge in [-0.05, 0) is 31.0 Å². The number of carbonyl (C=O) groups is 1. The normalized spacial score (nSPS) is 10.4. The minimum absolute atomic E-state index is 0.0105. The Balaban J connectivity index is 2.62. The van der Waals surface area contributed by atoms with Crippen molar-refractivity contribution >= 4 is 11.6 Å². The molecule has 0 fully saturated rings. The summed E-state index contributed by atoms with van der Waals surface area (Å²) in [5.41, 5.74) is 1.73. The molecule has 0 aromatic heterocycles. The number of hydrogen-bond donors (Lipinski definition) is 2. The largest absolute Gasteiger partial charge is 0.385 e. The summed E-state index contributed by atoms with van der Waals surface area (Å²) >= 11 is 0. The Morgan fingerprint density at radius 1 is 1.22 bits per heavy atom. The maximum atomic E-state index is 11.7. The van der Waals surface area contributed by atoms with Crippen LogP contribution in [-0.4, -0.2) is 19.0 Å². The van der Waals surface area contributed by atoms with Crippen LogP contribution in [0.3, 0.4) is 0 Å². The van der Waals surface area contributed by atoms with Gasteiger partial charge in [0.1, 0.15) is 0 Å². The van der Waals surface area contributed by atoms with E-state index in [0.717, 1.165) is 12.2 Å². The minimum atomic E-state index is -0.0105. The molecule has 3 nitrogen and oxygen atoms in total. The molecule has 0 radical (unpaired) electrons. The number of benzene rings is 1. The predicted molar refractivity (Wildman–Crippen MR) is 77.0 cm³/mol. The van der Waals surface area contributed by atoms with Gasteiger partial charge >= 0.3 is 0 Å². The second-order valence-electron chi connectivity index (χ2n) is 4.50. The van der Waals surface area contributed by atoms with Gasteiger partial charge in [0.25, 0.3) is 5.91 Å². The fraction of sp³-hybridized carbons (Fsp3) is 0.533. The van der Waals surface area contributed by atoms with E-state index >= 15 is 0 Å². The molecule has 0 heterocycles. The lowest BCUT2D eigenvalue weighted by Gasteiger charge is -2.14. The average Bonchev–Trinajstić information content (AvgIpc) is 2.40. The van der Waals surface area contributed by atoms with Crippen LogP contribution in [0, 0.1) is 5.92 Å². The molecule has 1 aromatic carbocycles. The molecule has 0 atom stereocenters. The third kappa shape index (κ3) is 4.40. The third-order valence-electron chi connectivity index (χ3n) is 3.21. The predicted octanol–water partition coefficient (Wildman–Crippen LogP) is 3.28. The zero-order valence-electron chi connectivity index (χ0n) is 11.6. The molecule has 0 aliphatic carbocycles. The Hall–Kier alpha value is -1.51. The van der Waals surface area contributed by atoms with E-state index in [1.807, 2.05) is 31.2 Å². The Morgan fingerprint density at radius 2 is 1.94 bits per heavy atom. The Bertz CT molecular complexity index is 373. The molecule has 0 unspecified atom stereocenters. The number of anilines is 1. The quantitative estimate of drug-likeness (QED) is 0.777. The van der Waals surface area contributed by atoms with E-state index in [2.05, 4.69) is 24.5 Å². The zero-order chi connectivity index (χ0) is 13.4. The summed E-state index contributed by atoms with van der Waals surface area (Å²) in [4.78, 5) is 11.7. The SMILES string of the molecule is CCNC(=O)c1cccc(NCC(CC)CC)c1. The van der Waals surface area contributed by atoms with Crippen LogP contribution in [-0.2, 0) is 0 Å². The van der Waals surface area contributed by atoms with Crippen LogP contribution in [0.15, 0.2) is 24.3 Å². The first-order valence-corrected chi connectivity index (χ1v) is 6.83. The summed E-state index contributed by atoms with van der Waals surface area (Å²) in [5, 5.41) is 6.21. The van der Waals surface area contributed by atoms with Gasteiger partial charge in [-0.15, -0.1) is 0 Å². The first-order chi connectivity index (χ1) is 8.71. The van der Waals surface area contributed by atoms with Crippen LogP contribution >= 0.6 is 0 Å². The van der Waals surface area contributed by atoms with E-state index in [1.54, 1.807) is 0 Å². The van der Waals surface area contributed by atoms with Crippen LogP contribution in [0.2, 0.25) is 0 Å². The van der Waals surface area contributed by atoms with Crippen LogP contribution in [0.4, 0.5) is 5.69 Å². The summed E-state index contributed by atoms with van der Waals surface area (Å²) in [6.45, 7) is 7.96. The molecular formula is C15H24N2O. The molecular weight excluding hydrogens is 224 g/mol. The standard InChI is InChI=1S/C15H24N2O/c1-4-12(5-2)11-17-14-9-7-8-13(10-14)15(18)16-6-3/h7-10,12,17H,4-6,11H2,1-3H3,(H,16,18). The second kappa shape index (κ2) is 7.75. The lowest BCUT2D eigenvalue weighted by atomic mass is 10.0. The highest BCUT2D eigenvalue weighted by atomic mass is 16.1. The van der Waals surface area contributed by atoms with Crippen LogP contribution in [0.5, 0.6) is 0 Å². The van der Waals surface area contributed by atoms with E-state index in [0.29, 0.717) is 18.0 Å². The minimum Gasteiger partial charge on any atom is -0.385 e. The maximum absolute atomic E-state index is 11.7. The summed E-state index contributed by atoms with van der Waals surface area (Å²) in [6, 6.07) is 7.67. The molecule has 100 valence electrons. The van der Waals surface area contributed by atoms with E-state index in [1.165, 1.54) is 12.8 Å². The van der Waals surface area contributed by atoms with Gasteiger partial charge in [-0.1, -0.05) is 32.8 Å². The van der Waals surface area contributed by atoms with Crippen molar-refractivity contribution in [2.75, 3.05) is 18.4 Å². The molecule has 0 aliphatic rings. The molecule has 0 bridgehead atoms. The van der Waals surface area contributed by atoms with Gasteiger partial charge in [0, 0.05) is 24.3 Å². The first-order valence-electron chi connectivity index (χ1n) is 6.83. The van der Waals surface area contributed by atoms with Crippen molar-refractivity contribution in [3.05, 3.63) is 29.8 Å². The molecule has 1 rings (SSSR count). The first kappa shape index (κ1) is 14.6.